The average Bonchev–Trinajstić information content (AvgIpc) is 3.33. The number of carbonyl (C=O) groups excluding carboxylic acids is 2. The SMILES string of the molecule is Cc1cnc(NC(=O)[C@H](Cc2ccccc2)NC(=O)c2cc3cc(F)ccc3[nH]2)s1. The Hall–Kier alpha value is -3.52. The van der Waals surface area contributed by atoms with Crippen LogP contribution in [-0.2, 0) is 11.2 Å². The lowest BCUT2D eigenvalue weighted by atomic mass is 10.1. The van der Waals surface area contributed by atoms with Gasteiger partial charge in [0.25, 0.3) is 5.91 Å². The van der Waals surface area contributed by atoms with Crippen molar-refractivity contribution in [3.8, 4) is 0 Å². The van der Waals surface area contributed by atoms with Crippen LogP contribution < -0.4 is 10.6 Å². The number of amides is 2. The smallest absolute Gasteiger partial charge is 0.268 e. The number of hydrogen-bond acceptors (Lipinski definition) is 4. The minimum absolute atomic E-state index is 0.256. The predicted molar refractivity (Wildman–Crippen MR) is 115 cm³/mol. The first-order valence-corrected chi connectivity index (χ1v) is 10.2. The molecule has 3 N–H and O–H groups in total. The van der Waals surface area contributed by atoms with Gasteiger partial charge in [0.15, 0.2) is 5.13 Å². The highest BCUT2D eigenvalue weighted by Crippen LogP contribution is 2.19. The number of aromatic nitrogens is 2. The molecule has 2 aromatic carbocycles. The molecule has 1 atom stereocenters. The molecule has 0 fully saturated rings. The number of H-pyrrole nitrogens is 1. The summed E-state index contributed by atoms with van der Waals surface area (Å²) in [6.45, 7) is 1.90. The summed E-state index contributed by atoms with van der Waals surface area (Å²) in [4.78, 5) is 33.8. The molecule has 2 amide bonds. The Morgan fingerprint density at radius 2 is 1.97 bits per heavy atom. The van der Waals surface area contributed by atoms with Crippen molar-refractivity contribution >= 4 is 39.2 Å². The predicted octanol–water partition coefficient (Wildman–Crippen LogP) is 4.05. The number of nitrogens with one attached hydrogen (secondary N) is 3. The zero-order valence-electron chi connectivity index (χ0n) is 16.1. The average molecular weight is 422 g/mol. The van der Waals surface area contributed by atoms with E-state index in [-0.39, 0.29) is 17.4 Å². The van der Waals surface area contributed by atoms with E-state index in [9.17, 15) is 14.0 Å². The summed E-state index contributed by atoms with van der Waals surface area (Å²) in [5, 5.41) is 6.62. The monoisotopic (exact) mass is 422 g/mol. The van der Waals surface area contributed by atoms with E-state index in [4.69, 9.17) is 0 Å². The molecular formula is C22H19FN4O2S. The van der Waals surface area contributed by atoms with Crippen molar-refractivity contribution in [2.24, 2.45) is 0 Å². The molecule has 0 unspecified atom stereocenters. The van der Waals surface area contributed by atoms with Crippen LogP contribution in [0, 0.1) is 12.7 Å². The molecule has 8 heteroatoms. The van der Waals surface area contributed by atoms with Crippen molar-refractivity contribution in [1.29, 1.82) is 0 Å². The van der Waals surface area contributed by atoms with Gasteiger partial charge in [-0.05, 0) is 36.8 Å². The van der Waals surface area contributed by atoms with Crippen molar-refractivity contribution < 1.29 is 14.0 Å². The quantitative estimate of drug-likeness (QED) is 0.438. The maximum Gasteiger partial charge on any atom is 0.268 e. The van der Waals surface area contributed by atoms with Gasteiger partial charge in [-0.15, -0.1) is 11.3 Å². The Labute approximate surface area is 176 Å². The van der Waals surface area contributed by atoms with Crippen LogP contribution in [0.1, 0.15) is 20.9 Å². The highest BCUT2D eigenvalue weighted by atomic mass is 32.1. The number of rotatable bonds is 6. The number of aryl methyl sites for hydroxylation is 1. The molecule has 0 aliphatic carbocycles. The second kappa shape index (κ2) is 8.46. The first-order chi connectivity index (χ1) is 14.5. The summed E-state index contributed by atoms with van der Waals surface area (Å²) in [5.41, 5.74) is 1.81. The first-order valence-electron chi connectivity index (χ1n) is 9.34. The number of nitrogens with zero attached hydrogens (tertiary/aromatic N) is 1. The van der Waals surface area contributed by atoms with E-state index in [1.54, 1.807) is 18.3 Å². The normalized spacial score (nSPS) is 11.9. The molecule has 0 aliphatic rings. The fourth-order valence-corrected chi connectivity index (χ4v) is 3.79. The highest BCUT2D eigenvalue weighted by Gasteiger charge is 2.23. The molecular weight excluding hydrogens is 403 g/mol. The van der Waals surface area contributed by atoms with Crippen LogP contribution in [0.5, 0.6) is 0 Å². The fourth-order valence-electron chi connectivity index (χ4n) is 3.13. The number of thiazole rings is 1. The van der Waals surface area contributed by atoms with Crippen molar-refractivity contribution in [2.45, 2.75) is 19.4 Å². The largest absolute Gasteiger partial charge is 0.351 e. The van der Waals surface area contributed by atoms with Crippen molar-refractivity contribution in [1.82, 2.24) is 15.3 Å². The molecule has 2 aromatic heterocycles. The lowest BCUT2D eigenvalue weighted by Crippen LogP contribution is -2.45. The molecule has 6 nitrogen and oxygen atoms in total. The van der Waals surface area contributed by atoms with E-state index < -0.39 is 11.9 Å². The molecule has 4 rings (SSSR count). The lowest BCUT2D eigenvalue weighted by molar-refractivity contribution is -0.118. The minimum Gasteiger partial charge on any atom is -0.351 e. The van der Waals surface area contributed by atoms with Gasteiger partial charge in [0, 0.05) is 28.4 Å². The van der Waals surface area contributed by atoms with Gasteiger partial charge in [-0.1, -0.05) is 30.3 Å². The Bertz CT molecular complexity index is 1200. The van der Waals surface area contributed by atoms with Gasteiger partial charge >= 0.3 is 0 Å². The van der Waals surface area contributed by atoms with Gasteiger partial charge in [-0.3, -0.25) is 9.59 Å². The van der Waals surface area contributed by atoms with Gasteiger partial charge in [0.05, 0.1) is 0 Å². The molecule has 0 spiro atoms. The Morgan fingerprint density at radius 3 is 2.70 bits per heavy atom. The maximum absolute atomic E-state index is 13.4. The van der Waals surface area contributed by atoms with Crippen LogP contribution in [0.15, 0.2) is 60.8 Å². The lowest BCUT2D eigenvalue weighted by Gasteiger charge is -2.17. The second-order valence-corrected chi connectivity index (χ2v) is 8.13. The molecule has 152 valence electrons. The number of halogens is 1. The maximum atomic E-state index is 13.4. The molecule has 2 heterocycles. The molecule has 0 saturated heterocycles. The van der Waals surface area contributed by atoms with Gasteiger partial charge in [-0.2, -0.15) is 0 Å². The third-order valence-corrected chi connectivity index (χ3v) is 5.41. The van der Waals surface area contributed by atoms with E-state index in [0.717, 1.165) is 10.4 Å². The zero-order valence-corrected chi connectivity index (χ0v) is 16.9. The summed E-state index contributed by atoms with van der Waals surface area (Å²) in [5.74, 6) is -1.18. The highest BCUT2D eigenvalue weighted by molar-refractivity contribution is 7.15. The number of hydrogen-bond donors (Lipinski definition) is 3. The molecule has 0 radical (unpaired) electrons. The summed E-state index contributed by atoms with van der Waals surface area (Å²) in [6, 6.07) is 14.4. The van der Waals surface area contributed by atoms with Crippen molar-refractivity contribution in [3.05, 3.63) is 82.7 Å². The van der Waals surface area contributed by atoms with Crippen molar-refractivity contribution in [3.63, 3.8) is 0 Å². The number of aromatic amines is 1. The molecule has 4 aromatic rings. The fraction of sp³-hybridized carbons (Fsp3) is 0.136. The van der Waals surface area contributed by atoms with E-state index >= 15 is 0 Å². The Morgan fingerprint density at radius 1 is 1.17 bits per heavy atom. The van der Waals surface area contributed by atoms with Crippen LogP contribution in [0.25, 0.3) is 10.9 Å². The molecule has 0 saturated carbocycles. The first kappa shape index (κ1) is 19.8. The molecule has 0 aliphatic heterocycles. The van der Waals surface area contributed by atoms with Gasteiger partial charge in [-0.25, -0.2) is 9.37 Å². The van der Waals surface area contributed by atoms with E-state index in [0.29, 0.717) is 22.5 Å². The summed E-state index contributed by atoms with van der Waals surface area (Å²) < 4.78 is 13.4. The standard InChI is InChI=1S/C22H19FN4O2S/c1-13-12-24-22(30-13)27-21(29)18(9-14-5-3-2-4-6-14)26-20(28)19-11-15-10-16(23)7-8-17(15)25-19/h2-8,10-12,18,25H,9H2,1H3,(H,26,28)(H,24,27,29)/t18-/m0/s1. The summed E-state index contributed by atoms with van der Waals surface area (Å²) in [7, 11) is 0. The van der Waals surface area contributed by atoms with Crippen LogP contribution in [0.3, 0.4) is 0 Å². The Kier molecular flexibility index (Phi) is 5.58. The zero-order chi connectivity index (χ0) is 21.1. The van der Waals surface area contributed by atoms with E-state index in [2.05, 4.69) is 20.6 Å². The van der Waals surface area contributed by atoms with Gasteiger partial charge in [0.2, 0.25) is 5.91 Å². The van der Waals surface area contributed by atoms with Crippen molar-refractivity contribution in [2.75, 3.05) is 5.32 Å². The summed E-state index contributed by atoms with van der Waals surface area (Å²) in [6.07, 6.45) is 1.99. The van der Waals surface area contributed by atoms with E-state index in [1.165, 1.54) is 23.5 Å². The Balaban J connectivity index is 1.55. The van der Waals surface area contributed by atoms with Crippen LogP contribution in [0.4, 0.5) is 9.52 Å². The molecule has 30 heavy (non-hydrogen) atoms. The van der Waals surface area contributed by atoms with Gasteiger partial charge < -0.3 is 15.6 Å². The van der Waals surface area contributed by atoms with Gasteiger partial charge in [0.1, 0.15) is 17.6 Å². The minimum atomic E-state index is -0.813. The summed E-state index contributed by atoms with van der Waals surface area (Å²) >= 11 is 1.36. The number of carbonyl (C=O) groups is 2. The van der Waals surface area contributed by atoms with Crippen LogP contribution >= 0.6 is 11.3 Å². The third kappa shape index (κ3) is 4.55. The number of fused-ring (bicyclic) bond motifs is 1. The number of anilines is 1. The van der Waals surface area contributed by atoms with Crippen LogP contribution in [0.2, 0.25) is 0 Å². The van der Waals surface area contributed by atoms with E-state index in [1.807, 2.05) is 37.3 Å². The number of benzene rings is 2. The second-order valence-electron chi connectivity index (χ2n) is 6.90. The topological polar surface area (TPSA) is 86.9 Å². The molecule has 0 bridgehead atoms. The third-order valence-electron chi connectivity index (χ3n) is 4.58. The van der Waals surface area contributed by atoms with Crippen LogP contribution in [-0.4, -0.2) is 27.8 Å².